The first-order valence-corrected chi connectivity index (χ1v) is 2.59. The zero-order valence-electron chi connectivity index (χ0n) is 3.14. The Kier molecular flexibility index (Phi) is 46.3. The summed E-state index contributed by atoms with van der Waals surface area (Å²) in [6.07, 6.45) is 1.75. The van der Waals surface area contributed by atoms with Crippen molar-refractivity contribution in [2.24, 2.45) is 0 Å². The number of allylic oxidation sites excluding steroid dienone is 1. The number of hydrogen-bond acceptors (Lipinski definition) is 1. The molecule has 0 saturated carbocycles. The van der Waals surface area contributed by atoms with E-state index in [1.165, 1.54) is 0 Å². The van der Waals surface area contributed by atoms with Crippen molar-refractivity contribution in [1.82, 2.24) is 0 Å². The molecule has 29 valence electrons. The van der Waals surface area contributed by atoms with Crippen molar-refractivity contribution in [3.63, 3.8) is 0 Å². The summed E-state index contributed by atoms with van der Waals surface area (Å²) >= 11 is 0.194. The van der Waals surface area contributed by atoms with Gasteiger partial charge in [0.05, 0.1) is 0 Å². The average molecular weight is 267 g/mol. The molecule has 0 N–H and O–H groups in total. The van der Waals surface area contributed by atoms with Crippen LogP contribution in [0.15, 0.2) is 12.7 Å². The zero-order chi connectivity index (χ0) is 4.71. The van der Waals surface area contributed by atoms with Gasteiger partial charge in [-0.1, -0.05) is 6.08 Å². The molecule has 0 aliphatic carbocycles. The van der Waals surface area contributed by atoms with Gasteiger partial charge in [0.1, 0.15) is 0 Å². The van der Waals surface area contributed by atoms with Crippen LogP contribution in [0, 0.1) is 0 Å². The van der Waals surface area contributed by atoms with E-state index >= 15 is 0 Å². The maximum absolute atomic E-state index is 8.36. The molecule has 0 aliphatic heterocycles. The fourth-order valence-corrected chi connectivity index (χ4v) is 0. The molecule has 0 saturated heterocycles. The normalized spacial score (nSPS) is 3.40. The Bertz CT molecular complexity index is 20.9. The molecule has 0 fully saturated rings. The second kappa shape index (κ2) is 25.6. The van der Waals surface area contributed by atoms with E-state index in [0.29, 0.717) is 0 Å². The fourth-order valence-electron chi connectivity index (χ4n) is 0. The molecule has 5 heavy (non-hydrogen) atoms. The van der Waals surface area contributed by atoms with E-state index in [9.17, 15) is 0 Å². The summed E-state index contributed by atoms with van der Waals surface area (Å²) in [5.41, 5.74) is 0. The van der Waals surface area contributed by atoms with E-state index in [0.717, 1.165) is 0 Å². The second-order valence-electron chi connectivity index (χ2n) is 0.408. The third-order valence-corrected chi connectivity index (χ3v) is 0. The third kappa shape index (κ3) is 145. The molecule has 0 aliphatic rings. The Balaban J connectivity index is 0. The Morgan fingerprint density at radius 2 is 1.80 bits per heavy atom. The van der Waals surface area contributed by atoms with Gasteiger partial charge in [-0.2, -0.15) is 0 Å². The van der Waals surface area contributed by atoms with Gasteiger partial charge in [0.15, 0.2) is 0 Å². The molecule has 0 aromatic heterocycles. The first-order chi connectivity index (χ1) is 2.41. The van der Waals surface area contributed by atoms with Crippen molar-refractivity contribution < 1.29 is 2.81 Å². The summed E-state index contributed by atoms with van der Waals surface area (Å²) in [6.45, 7) is 5.25. The molecule has 2 heteroatoms. The van der Waals surface area contributed by atoms with Crippen LogP contribution in [0.4, 0.5) is 0 Å². The van der Waals surface area contributed by atoms with Crippen LogP contribution in [0.5, 0.6) is 0 Å². The van der Waals surface area contributed by atoms with Crippen molar-refractivity contribution in [1.29, 1.82) is 0 Å². The van der Waals surface area contributed by atoms with Crippen molar-refractivity contribution in [3.05, 3.63) is 12.7 Å². The van der Waals surface area contributed by atoms with Gasteiger partial charge in [-0.15, -0.1) is 6.58 Å². The first kappa shape index (κ1) is 9.05. The van der Waals surface area contributed by atoms with Gasteiger partial charge in [-0.3, -0.25) is 0 Å². The molecule has 0 rings (SSSR count). The predicted molar refractivity (Wildman–Crippen MR) is 22.3 cm³/mol. The van der Waals surface area contributed by atoms with Crippen LogP contribution in [-0.4, -0.2) is 24.7 Å². The molecule has 0 spiro atoms. The van der Waals surface area contributed by atoms with Crippen LogP contribution in [0.2, 0.25) is 0 Å². The summed E-state index contributed by atoms with van der Waals surface area (Å²) < 4.78 is 8.36. The van der Waals surface area contributed by atoms with Gasteiger partial charge in [0, 0.05) is 0 Å². The molecule has 0 heterocycles. The minimum absolute atomic E-state index is 0.194. The van der Waals surface area contributed by atoms with Gasteiger partial charge in [-0.25, -0.2) is 0 Å². The second-order valence-corrected chi connectivity index (χ2v) is 0.408. The number of rotatable bonds is 0. The van der Waals surface area contributed by atoms with Gasteiger partial charge >= 0.3 is 27.5 Å². The average Bonchev–Trinajstić information content (AvgIpc) is 1.46. The molecular weight excluding hydrogens is 261 g/mol. The van der Waals surface area contributed by atoms with E-state index in [2.05, 4.69) is 6.58 Å². The minimum atomic E-state index is 0.194. The molecule has 0 aromatic rings. The van der Waals surface area contributed by atoms with Crippen molar-refractivity contribution >= 4 is 24.7 Å². The van der Waals surface area contributed by atoms with Crippen molar-refractivity contribution in [2.45, 2.75) is 6.92 Å². The van der Waals surface area contributed by atoms with Crippen LogP contribution in [0.25, 0.3) is 0 Å². The summed E-state index contributed by atoms with van der Waals surface area (Å²) in [6, 6.07) is 0. The molecule has 0 atom stereocenters. The summed E-state index contributed by atoms with van der Waals surface area (Å²) in [4.78, 5) is 0. The monoisotopic (exact) mass is 267 g/mol. The van der Waals surface area contributed by atoms with Gasteiger partial charge in [-0.05, 0) is 6.92 Å². The van der Waals surface area contributed by atoms with Crippen LogP contribution in [-0.2, 0) is 2.81 Å². The maximum atomic E-state index is 8.36. The zero-order valence-corrected chi connectivity index (χ0v) is 6.62. The molecule has 1 nitrogen and oxygen atoms in total. The fraction of sp³-hybridized carbons (Fsp3) is 0.333. The molecule has 1 radical (unpaired) electrons. The molecule has 0 amide bonds. The molecular formula is C3H6BiO. The van der Waals surface area contributed by atoms with E-state index in [-0.39, 0.29) is 24.7 Å². The van der Waals surface area contributed by atoms with Gasteiger partial charge in [0.25, 0.3) is 0 Å². The van der Waals surface area contributed by atoms with Crippen LogP contribution >= 0.6 is 0 Å². The molecule has 0 bridgehead atoms. The Morgan fingerprint density at radius 1 is 1.80 bits per heavy atom. The van der Waals surface area contributed by atoms with Crippen LogP contribution in [0.3, 0.4) is 0 Å². The number of hydrogen-bond donors (Lipinski definition) is 0. The topological polar surface area (TPSA) is 17.1 Å². The van der Waals surface area contributed by atoms with E-state index in [1.54, 1.807) is 6.08 Å². The quantitative estimate of drug-likeness (QED) is 0.466. The standard InChI is InChI=1S/C3H6.Bi.O/c1-3-2;;/h3H,1H2,2H3;;. The van der Waals surface area contributed by atoms with E-state index in [1.807, 2.05) is 6.92 Å². The van der Waals surface area contributed by atoms with Crippen molar-refractivity contribution in [2.75, 3.05) is 0 Å². The Hall–Kier alpha value is 0.423. The third-order valence-electron chi connectivity index (χ3n) is 0. The van der Waals surface area contributed by atoms with Crippen LogP contribution in [0.1, 0.15) is 6.92 Å². The molecule has 0 unspecified atom stereocenters. The Morgan fingerprint density at radius 3 is 1.80 bits per heavy atom. The van der Waals surface area contributed by atoms with Crippen molar-refractivity contribution in [3.8, 4) is 0 Å². The van der Waals surface area contributed by atoms with E-state index < -0.39 is 0 Å². The first-order valence-electron chi connectivity index (χ1n) is 1.17. The summed E-state index contributed by atoms with van der Waals surface area (Å²) in [5, 5.41) is 0. The van der Waals surface area contributed by atoms with Gasteiger partial charge < -0.3 is 0 Å². The Labute approximate surface area is 47.4 Å². The van der Waals surface area contributed by atoms with Crippen LogP contribution < -0.4 is 0 Å². The summed E-state index contributed by atoms with van der Waals surface area (Å²) in [5.74, 6) is 0. The molecule has 0 aromatic carbocycles. The predicted octanol–water partition coefficient (Wildman–Crippen LogP) is 0.693. The van der Waals surface area contributed by atoms with E-state index in [4.69, 9.17) is 2.81 Å². The SMILES string of the molecule is C=CC.[O]=[Bi]. The van der Waals surface area contributed by atoms with Gasteiger partial charge in [0.2, 0.25) is 0 Å². The summed E-state index contributed by atoms with van der Waals surface area (Å²) in [7, 11) is 0.